The largest absolute Gasteiger partial charge is 0.308 e. The molecule has 11 rings (SSSR count). The Kier molecular flexibility index (Phi) is 6.26. The van der Waals surface area contributed by atoms with Crippen LogP contribution in [0.3, 0.4) is 0 Å². The highest BCUT2D eigenvalue weighted by molar-refractivity contribution is 7.29. The van der Waals surface area contributed by atoms with Gasteiger partial charge in [0, 0.05) is 68.8 Å². The van der Waals surface area contributed by atoms with Crippen LogP contribution in [-0.4, -0.2) is 19.5 Å². The quantitative estimate of drug-likeness (QED) is 0.185. The minimum absolute atomic E-state index is 0.648. The van der Waals surface area contributed by atoms with E-state index in [4.69, 9.17) is 15.0 Å². The van der Waals surface area contributed by atoms with Gasteiger partial charge in [-0.05, 0) is 42.5 Å². The van der Waals surface area contributed by atoms with E-state index in [2.05, 4.69) is 102 Å². The van der Waals surface area contributed by atoms with Gasteiger partial charge in [0.15, 0.2) is 17.5 Å². The summed E-state index contributed by atoms with van der Waals surface area (Å²) in [6.07, 6.45) is 0. The summed E-state index contributed by atoms with van der Waals surface area (Å²) in [6, 6.07) is 55.6. The first kappa shape index (κ1) is 28.6. The van der Waals surface area contributed by atoms with E-state index in [9.17, 15) is 0 Å². The predicted octanol–water partition coefficient (Wildman–Crippen LogP) is 12.7. The number of fused-ring (bicyclic) bond motifs is 12. The maximum absolute atomic E-state index is 4.99. The molecule has 51 heavy (non-hydrogen) atoms. The van der Waals surface area contributed by atoms with Gasteiger partial charge < -0.3 is 4.57 Å². The van der Waals surface area contributed by atoms with Crippen LogP contribution >= 0.6 is 22.7 Å². The first-order valence-electron chi connectivity index (χ1n) is 17.0. The molecule has 0 N–H and O–H groups in total. The molecule has 7 aromatic carbocycles. The molecule has 0 fully saturated rings. The number of hydrogen-bond donors (Lipinski definition) is 0. The highest BCUT2D eigenvalue weighted by Gasteiger charge is 2.24. The van der Waals surface area contributed by atoms with Crippen LogP contribution in [0, 0.1) is 0 Å². The molecule has 11 aromatic rings. The van der Waals surface area contributed by atoms with Crippen LogP contribution in [0.5, 0.6) is 0 Å². The molecule has 4 aromatic heterocycles. The van der Waals surface area contributed by atoms with Crippen LogP contribution in [0.1, 0.15) is 0 Å². The fourth-order valence-corrected chi connectivity index (χ4v) is 10.1. The number of para-hydroxylation sites is 1. The summed E-state index contributed by atoms with van der Waals surface area (Å²) >= 11 is 3.81. The molecule has 0 aliphatic carbocycles. The van der Waals surface area contributed by atoms with Gasteiger partial charge in [-0.3, -0.25) is 0 Å². The Morgan fingerprint density at radius 1 is 0.373 bits per heavy atom. The van der Waals surface area contributed by atoms with Crippen molar-refractivity contribution in [1.29, 1.82) is 0 Å². The third-order valence-corrected chi connectivity index (χ3v) is 12.2. The Bertz CT molecular complexity index is 3060. The van der Waals surface area contributed by atoms with Crippen LogP contribution in [0.2, 0.25) is 0 Å². The number of benzene rings is 7. The molecule has 0 unspecified atom stereocenters. The minimum atomic E-state index is 0.648. The topological polar surface area (TPSA) is 43.6 Å². The van der Waals surface area contributed by atoms with E-state index in [1.54, 1.807) is 0 Å². The van der Waals surface area contributed by atoms with E-state index in [0.717, 1.165) is 22.4 Å². The highest BCUT2D eigenvalue weighted by Crippen LogP contribution is 2.52. The summed E-state index contributed by atoms with van der Waals surface area (Å²) in [4.78, 5) is 14.9. The number of nitrogens with zero attached hydrogens (tertiary/aromatic N) is 4. The Morgan fingerprint density at radius 3 is 1.41 bits per heavy atom. The SMILES string of the molecule is c1ccc(-c2nc(-c3ccccc3)nc(-c3ccc(-n4c5ccccc5c5c6sc7ccccc7c6c6c7ccccc7sc6c54)cc3)n2)cc1. The second-order valence-corrected chi connectivity index (χ2v) is 14.9. The highest BCUT2D eigenvalue weighted by atomic mass is 32.1. The summed E-state index contributed by atoms with van der Waals surface area (Å²) in [7, 11) is 0. The lowest BCUT2D eigenvalue weighted by Crippen LogP contribution is -2.00. The number of thiophene rings is 2. The Balaban J connectivity index is 1.17. The predicted molar refractivity (Wildman–Crippen MR) is 216 cm³/mol. The molecule has 0 saturated heterocycles. The first-order valence-corrected chi connectivity index (χ1v) is 18.6. The number of rotatable bonds is 4. The summed E-state index contributed by atoms with van der Waals surface area (Å²) in [5, 5.41) is 7.96. The van der Waals surface area contributed by atoms with Crippen LogP contribution in [0.15, 0.2) is 158 Å². The molecular formula is C45H26N4S2. The average Bonchev–Trinajstić information content (AvgIpc) is 3.88. The van der Waals surface area contributed by atoms with E-state index in [-0.39, 0.29) is 0 Å². The molecule has 6 heteroatoms. The van der Waals surface area contributed by atoms with Crippen LogP contribution in [0.4, 0.5) is 0 Å². The first-order chi connectivity index (χ1) is 25.3. The van der Waals surface area contributed by atoms with E-state index in [1.165, 1.54) is 62.2 Å². The lowest BCUT2D eigenvalue weighted by molar-refractivity contribution is 1.07. The van der Waals surface area contributed by atoms with Gasteiger partial charge in [-0.15, -0.1) is 22.7 Å². The fraction of sp³-hybridized carbons (Fsp3) is 0. The molecule has 0 atom stereocenters. The van der Waals surface area contributed by atoms with Gasteiger partial charge in [-0.2, -0.15) is 0 Å². The van der Waals surface area contributed by atoms with Crippen molar-refractivity contribution in [2.45, 2.75) is 0 Å². The molecule has 0 amide bonds. The molecule has 0 spiro atoms. The Hall–Kier alpha value is -6.21. The molecule has 4 nitrogen and oxygen atoms in total. The second-order valence-electron chi connectivity index (χ2n) is 12.8. The molecule has 0 saturated carbocycles. The molecule has 0 radical (unpaired) electrons. The van der Waals surface area contributed by atoms with Crippen molar-refractivity contribution >= 4 is 84.8 Å². The van der Waals surface area contributed by atoms with Gasteiger partial charge in [0.1, 0.15) is 0 Å². The standard InChI is InChI=1S/C45H26N4S2/c1-3-13-27(14-4-1)43-46-44(28-15-5-2-6-16-28)48-45(47-43)29-23-25-30(26-24-29)49-34-20-10-7-17-31(34)39-40(49)42-38(33-19-9-12-22-36(33)51-42)37-32-18-8-11-21-35(32)50-41(37)39/h1-26H. The van der Waals surface area contributed by atoms with Crippen molar-refractivity contribution in [2.75, 3.05) is 0 Å². The van der Waals surface area contributed by atoms with Crippen molar-refractivity contribution in [2.24, 2.45) is 0 Å². The van der Waals surface area contributed by atoms with Crippen molar-refractivity contribution in [3.05, 3.63) is 158 Å². The second kappa shape index (κ2) is 11.2. The summed E-state index contributed by atoms with van der Waals surface area (Å²) in [6.45, 7) is 0. The third kappa shape index (κ3) is 4.34. The van der Waals surface area contributed by atoms with E-state index in [1.807, 2.05) is 83.3 Å². The molecule has 238 valence electrons. The Labute approximate surface area is 300 Å². The lowest BCUT2D eigenvalue weighted by atomic mass is 10.0. The molecular weight excluding hydrogens is 661 g/mol. The number of aromatic nitrogens is 4. The zero-order valence-corrected chi connectivity index (χ0v) is 28.7. The van der Waals surface area contributed by atoms with E-state index < -0.39 is 0 Å². The minimum Gasteiger partial charge on any atom is -0.308 e. The summed E-state index contributed by atoms with van der Waals surface area (Å²) in [5.74, 6) is 1.96. The van der Waals surface area contributed by atoms with Crippen molar-refractivity contribution in [1.82, 2.24) is 19.5 Å². The lowest BCUT2D eigenvalue weighted by Gasteiger charge is -2.11. The van der Waals surface area contributed by atoms with Gasteiger partial charge in [0.25, 0.3) is 0 Å². The smallest absolute Gasteiger partial charge is 0.164 e. The maximum Gasteiger partial charge on any atom is 0.164 e. The fourth-order valence-electron chi connectivity index (χ4n) is 7.58. The monoisotopic (exact) mass is 686 g/mol. The Morgan fingerprint density at radius 2 is 0.824 bits per heavy atom. The molecule has 4 heterocycles. The van der Waals surface area contributed by atoms with Crippen molar-refractivity contribution in [3.63, 3.8) is 0 Å². The maximum atomic E-state index is 4.99. The van der Waals surface area contributed by atoms with Crippen LogP contribution < -0.4 is 0 Å². The van der Waals surface area contributed by atoms with Gasteiger partial charge >= 0.3 is 0 Å². The van der Waals surface area contributed by atoms with E-state index >= 15 is 0 Å². The zero-order chi connectivity index (χ0) is 33.5. The summed E-state index contributed by atoms with van der Waals surface area (Å²) in [5.41, 5.74) is 6.42. The van der Waals surface area contributed by atoms with E-state index in [0.29, 0.717) is 17.5 Å². The average molecular weight is 687 g/mol. The van der Waals surface area contributed by atoms with Crippen molar-refractivity contribution < 1.29 is 0 Å². The van der Waals surface area contributed by atoms with Crippen LogP contribution in [-0.2, 0) is 0 Å². The van der Waals surface area contributed by atoms with Gasteiger partial charge in [-0.25, -0.2) is 15.0 Å². The molecule has 0 aliphatic rings. The van der Waals surface area contributed by atoms with Crippen LogP contribution in [0.25, 0.3) is 102 Å². The number of hydrogen-bond acceptors (Lipinski definition) is 5. The van der Waals surface area contributed by atoms with Gasteiger partial charge in [0.2, 0.25) is 0 Å². The zero-order valence-electron chi connectivity index (χ0n) is 27.1. The molecule has 0 bridgehead atoms. The molecule has 0 aliphatic heterocycles. The van der Waals surface area contributed by atoms with Gasteiger partial charge in [0.05, 0.1) is 15.7 Å². The third-order valence-electron chi connectivity index (χ3n) is 9.84. The van der Waals surface area contributed by atoms with Crippen molar-refractivity contribution in [3.8, 4) is 39.9 Å². The van der Waals surface area contributed by atoms with Gasteiger partial charge in [-0.1, -0.05) is 115 Å². The summed E-state index contributed by atoms with van der Waals surface area (Å²) < 4.78 is 7.76. The normalized spacial score (nSPS) is 11.9.